The zero-order chi connectivity index (χ0) is 14.2. The summed E-state index contributed by atoms with van der Waals surface area (Å²) in [7, 11) is -3.52. The predicted molar refractivity (Wildman–Crippen MR) is 74.7 cm³/mol. The maximum atomic E-state index is 12.9. The van der Waals surface area contributed by atoms with Crippen molar-refractivity contribution in [2.75, 3.05) is 0 Å². The van der Waals surface area contributed by atoms with E-state index in [2.05, 4.69) is 10.2 Å². The molecule has 2 heterocycles. The van der Waals surface area contributed by atoms with E-state index in [4.69, 9.17) is 11.6 Å². The Bertz CT molecular complexity index is 555. The molecular weight excluding hydrogens is 286 g/mol. The van der Waals surface area contributed by atoms with Crippen LogP contribution in [0.2, 0.25) is 0 Å². The largest absolute Gasteiger partial charge is 0.281 e. The summed E-state index contributed by atoms with van der Waals surface area (Å²) in [5, 5.41) is 6.71. The summed E-state index contributed by atoms with van der Waals surface area (Å²) >= 11 is 5.80. The van der Waals surface area contributed by atoms with Crippen LogP contribution in [-0.2, 0) is 15.9 Å². The zero-order valence-electron chi connectivity index (χ0n) is 11.5. The molecule has 5 nitrogen and oxygen atoms in total. The van der Waals surface area contributed by atoms with Crippen molar-refractivity contribution in [3.63, 3.8) is 0 Å². The number of halogens is 1. The second-order valence-corrected chi connectivity index (χ2v) is 7.13. The standard InChI is InChI=1S/C12H20ClN3O2S/c1-4-10-6-5-8(2)16(10)19(17,18)12-9(3)14-15-11(12)7-13/h8,10H,4-7H2,1-3H3,(H,14,15). The molecular formula is C12H20ClN3O2S. The van der Waals surface area contributed by atoms with Gasteiger partial charge in [-0.2, -0.15) is 9.40 Å². The molecule has 0 aliphatic carbocycles. The lowest BCUT2D eigenvalue weighted by Crippen LogP contribution is -2.40. The van der Waals surface area contributed by atoms with Crippen molar-refractivity contribution in [2.24, 2.45) is 0 Å². The van der Waals surface area contributed by atoms with Crippen LogP contribution < -0.4 is 0 Å². The fraction of sp³-hybridized carbons (Fsp3) is 0.750. The van der Waals surface area contributed by atoms with E-state index < -0.39 is 10.0 Å². The van der Waals surface area contributed by atoms with Gasteiger partial charge in [-0.3, -0.25) is 5.10 Å². The monoisotopic (exact) mass is 305 g/mol. The molecule has 1 saturated heterocycles. The third kappa shape index (κ3) is 2.41. The summed E-state index contributed by atoms with van der Waals surface area (Å²) in [4.78, 5) is 0.259. The summed E-state index contributed by atoms with van der Waals surface area (Å²) < 4.78 is 27.4. The van der Waals surface area contributed by atoms with Crippen molar-refractivity contribution in [1.29, 1.82) is 0 Å². The summed E-state index contributed by atoms with van der Waals surface area (Å²) in [6.07, 6.45) is 2.66. The third-order valence-electron chi connectivity index (χ3n) is 3.81. The van der Waals surface area contributed by atoms with E-state index in [-0.39, 0.29) is 22.9 Å². The summed E-state index contributed by atoms with van der Waals surface area (Å²) in [5.41, 5.74) is 0.970. The topological polar surface area (TPSA) is 66.1 Å². The number of hydrogen-bond acceptors (Lipinski definition) is 3. The zero-order valence-corrected chi connectivity index (χ0v) is 13.1. The number of nitrogens with one attached hydrogen (secondary N) is 1. The van der Waals surface area contributed by atoms with Crippen molar-refractivity contribution in [3.05, 3.63) is 11.4 Å². The molecule has 1 fully saturated rings. The van der Waals surface area contributed by atoms with Crippen LogP contribution in [0.25, 0.3) is 0 Å². The molecule has 1 aromatic heterocycles. The highest BCUT2D eigenvalue weighted by Crippen LogP contribution is 2.34. The Labute approximate surface area is 119 Å². The number of alkyl halides is 1. The van der Waals surface area contributed by atoms with Crippen LogP contribution in [0, 0.1) is 6.92 Å². The van der Waals surface area contributed by atoms with Crippen LogP contribution in [0.4, 0.5) is 0 Å². The molecule has 1 aromatic rings. The van der Waals surface area contributed by atoms with Gasteiger partial charge in [-0.05, 0) is 33.1 Å². The van der Waals surface area contributed by atoms with Gasteiger partial charge < -0.3 is 0 Å². The minimum atomic E-state index is -3.52. The van der Waals surface area contributed by atoms with Gasteiger partial charge in [-0.25, -0.2) is 8.42 Å². The average Bonchev–Trinajstić information content (AvgIpc) is 2.92. The Balaban J connectivity index is 2.50. The number of H-pyrrole nitrogens is 1. The molecule has 108 valence electrons. The van der Waals surface area contributed by atoms with Crippen molar-refractivity contribution in [2.45, 2.75) is 62.9 Å². The van der Waals surface area contributed by atoms with Crippen LogP contribution in [0.3, 0.4) is 0 Å². The first kappa shape index (κ1) is 14.8. The van der Waals surface area contributed by atoms with Gasteiger partial charge in [0.2, 0.25) is 10.0 Å². The summed E-state index contributed by atoms with van der Waals surface area (Å²) in [6, 6.07) is 0.116. The molecule has 0 bridgehead atoms. The number of nitrogens with zero attached hydrogens (tertiary/aromatic N) is 2. The minimum Gasteiger partial charge on any atom is -0.281 e. The summed E-state index contributed by atoms with van der Waals surface area (Å²) in [5.74, 6) is 0.0952. The van der Waals surface area contributed by atoms with E-state index >= 15 is 0 Å². The molecule has 7 heteroatoms. The Hall–Kier alpha value is -0.590. The van der Waals surface area contributed by atoms with Crippen LogP contribution in [0.1, 0.15) is 44.5 Å². The predicted octanol–water partition coefficient (Wildman–Crippen LogP) is 2.41. The van der Waals surface area contributed by atoms with Crippen LogP contribution in [0.15, 0.2) is 4.90 Å². The first-order valence-corrected chi connectivity index (χ1v) is 8.54. The maximum absolute atomic E-state index is 12.9. The third-order valence-corrected chi connectivity index (χ3v) is 6.33. The number of aromatic amines is 1. The molecule has 19 heavy (non-hydrogen) atoms. The normalized spacial score (nSPS) is 25.1. The lowest BCUT2D eigenvalue weighted by molar-refractivity contribution is 0.328. The Morgan fingerprint density at radius 1 is 1.47 bits per heavy atom. The van der Waals surface area contributed by atoms with Gasteiger partial charge in [0.15, 0.2) is 0 Å². The van der Waals surface area contributed by atoms with Gasteiger partial charge in [0.25, 0.3) is 0 Å². The van der Waals surface area contributed by atoms with Crippen molar-refractivity contribution in [3.8, 4) is 0 Å². The van der Waals surface area contributed by atoms with Crippen LogP contribution in [-0.4, -0.2) is 35.0 Å². The van der Waals surface area contributed by atoms with E-state index in [1.54, 1.807) is 11.2 Å². The number of hydrogen-bond donors (Lipinski definition) is 1. The van der Waals surface area contributed by atoms with Gasteiger partial charge in [-0.15, -0.1) is 11.6 Å². The first-order chi connectivity index (χ1) is 8.93. The highest BCUT2D eigenvalue weighted by molar-refractivity contribution is 7.89. The number of rotatable bonds is 4. The smallest absolute Gasteiger partial charge is 0.247 e. The van der Waals surface area contributed by atoms with Gasteiger partial charge in [0.1, 0.15) is 4.90 Å². The van der Waals surface area contributed by atoms with Crippen LogP contribution in [0.5, 0.6) is 0 Å². The molecule has 1 aliphatic rings. The van der Waals surface area contributed by atoms with E-state index in [0.29, 0.717) is 11.4 Å². The number of sulfonamides is 1. The van der Waals surface area contributed by atoms with Crippen molar-refractivity contribution >= 4 is 21.6 Å². The molecule has 1 aliphatic heterocycles. The number of aryl methyl sites for hydroxylation is 1. The first-order valence-electron chi connectivity index (χ1n) is 6.56. The second kappa shape index (κ2) is 5.42. The Kier molecular flexibility index (Phi) is 4.23. The molecule has 0 amide bonds. The van der Waals surface area contributed by atoms with Gasteiger partial charge >= 0.3 is 0 Å². The summed E-state index contributed by atoms with van der Waals surface area (Å²) in [6.45, 7) is 5.70. The van der Waals surface area contributed by atoms with Gasteiger partial charge in [-0.1, -0.05) is 6.92 Å². The molecule has 2 unspecified atom stereocenters. The highest BCUT2D eigenvalue weighted by Gasteiger charge is 2.41. The fourth-order valence-electron chi connectivity index (χ4n) is 2.87. The Morgan fingerprint density at radius 3 is 2.74 bits per heavy atom. The quantitative estimate of drug-likeness (QED) is 0.869. The van der Waals surface area contributed by atoms with E-state index in [1.165, 1.54) is 0 Å². The van der Waals surface area contributed by atoms with E-state index in [9.17, 15) is 8.42 Å². The molecule has 1 N–H and O–H groups in total. The molecule has 0 saturated carbocycles. The SMILES string of the molecule is CCC1CCC(C)N1S(=O)(=O)c1c(CCl)n[nH]c1C. The molecule has 0 aromatic carbocycles. The highest BCUT2D eigenvalue weighted by atomic mass is 35.5. The fourth-order valence-corrected chi connectivity index (χ4v) is 5.43. The van der Waals surface area contributed by atoms with Crippen molar-refractivity contribution in [1.82, 2.24) is 14.5 Å². The second-order valence-electron chi connectivity index (χ2n) is 5.08. The lowest BCUT2D eigenvalue weighted by Gasteiger charge is -2.27. The lowest BCUT2D eigenvalue weighted by atomic mass is 10.2. The van der Waals surface area contributed by atoms with Gasteiger partial charge in [0, 0.05) is 12.1 Å². The van der Waals surface area contributed by atoms with E-state index in [1.807, 2.05) is 13.8 Å². The van der Waals surface area contributed by atoms with Crippen LogP contribution >= 0.6 is 11.6 Å². The van der Waals surface area contributed by atoms with E-state index in [0.717, 1.165) is 19.3 Å². The molecule has 0 radical (unpaired) electrons. The van der Waals surface area contributed by atoms with Gasteiger partial charge in [0.05, 0.1) is 17.3 Å². The Morgan fingerprint density at radius 2 is 2.16 bits per heavy atom. The number of aromatic nitrogens is 2. The maximum Gasteiger partial charge on any atom is 0.247 e. The van der Waals surface area contributed by atoms with Crippen molar-refractivity contribution < 1.29 is 8.42 Å². The molecule has 2 rings (SSSR count). The molecule has 2 atom stereocenters. The minimum absolute atomic E-state index is 0.0347. The molecule has 0 spiro atoms. The average molecular weight is 306 g/mol.